The molecule has 0 atom stereocenters. The molecule has 0 spiro atoms. The number of nitrogens with two attached hydrogens (primary N) is 1. The second kappa shape index (κ2) is 5.97. The average molecular weight is 245 g/mol. The quantitative estimate of drug-likeness (QED) is 0.864. The molecule has 0 aliphatic heterocycles. The van der Waals surface area contributed by atoms with Crippen molar-refractivity contribution >= 4 is 0 Å². The Morgan fingerprint density at radius 1 is 1.28 bits per heavy atom. The van der Waals surface area contributed by atoms with Gasteiger partial charge < -0.3 is 15.2 Å². The Hall–Kier alpha value is -2.14. The lowest BCUT2D eigenvalue weighted by molar-refractivity contribution is 0.290. The minimum absolute atomic E-state index is 0.351. The highest BCUT2D eigenvalue weighted by molar-refractivity contribution is 5.28. The van der Waals surface area contributed by atoms with Gasteiger partial charge in [0.25, 0.3) is 0 Å². The van der Waals surface area contributed by atoms with Crippen molar-refractivity contribution in [2.45, 2.75) is 13.2 Å². The van der Waals surface area contributed by atoms with Crippen molar-refractivity contribution in [2.24, 2.45) is 5.73 Å². The van der Waals surface area contributed by atoms with E-state index < -0.39 is 0 Å². The third-order valence-corrected chi connectivity index (χ3v) is 2.39. The third kappa shape index (κ3) is 3.18. The predicted octanol–water partition coefficient (Wildman–Crippen LogP) is 1.52. The Kier molecular flexibility index (Phi) is 4.09. The Bertz CT molecular complexity index is 470. The van der Waals surface area contributed by atoms with E-state index in [-0.39, 0.29) is 0 Å². The zero-order valence-corrected chi connectivity index (χ0v) is 10.2. The van der Waals surface area contributed by atoms with Crippen LogP contribution in [-0.2, 0) is 13.2 Å². The van der Waals surface area contributed by atoms with Crippen molar-refractivity contribution in [1.29, 1.82) is 0 Å². The van der Waals surface area contributed by atoms with E-state index in [4.69, 9.17) is 15.2 Å². The second-order valence-corrected chi connectivity index (χ2v) is 3.69. The standard InChI is InChI=1S/C13H15N3O2/c1-17-12-4-2-3-10(5-12)9-18-13-8-15-7-11(6-14)16-13/h2-5,7-8H,6,9,14H2,1H3. The van der Waals surface area contributed by atoms with Crippen LogP contribution in [0.1, 0.15) is 11.3 Å². The first-order valence-electron chi connectivity index (χ1n) is 5.58. The van der Waals surface area contributed by atoms with Crippen LogP contribution in [0.2, 0.25) is 0 Å². The summed E-state index contributed by atoms with van der Waals surface area (Å²) in [5, 5.41) is 0. The van der Waals surface area contributed by atoms with Gasteiger partial charge in [-0.05, 0) is 17.7 Å². The summed E-state index contributed by atoms with van der Waals surface area (Å²) in [6.07, 6.45) is 3.19. The van der Waals surface area contributed by atoms with E-state index in [1.807, 2.05) is 24.3 Å². The lowest BCUT2D eigenvalue weighted by Gasteiger charge is -2.07. The minimum atomic E-state index is 0.351. The van der Waals surface area contributed by atoms with Gasteiger partial charge in [0.2, 0.25) is 5.88 Å². The summed E-state index contributed by atoms with van der Waals surface area (Å²) in [6.45, 7) is 0.767. The number of benzene rings is 1. The number of nitrogens with zero attached hydrogens (tertiary/aromatic N) is 2. The van der Waals surface area contributed by atoms with Crippen molar-refractivity contribution < 1.29 is 9.47 Å². The van der Waals surface area contributed by atoms with Crippen LogP contribution in [0.25, 0.3) is 0 Å². The van der Waals surface area contributed by atoms with Gasteiger partial charge in [-0.25, -0.2) is 4.98 Å². The van der Waals surface area contributed by atoms with Gasteiger partial charge in [0.1, 0.15) is 12.4 Å². The van der Waals surface area contributed by atoms with Crippen molar-refractivity contribution in [3.8, 4) is 11.6 Å². The lowest BCUT2D eigenvalue weighted by Crippen LogP contribution is -2.03. The molecule has 0 bridgehead atoms. The van der Waals surface area contributed by atoms with Gasteiger partial charge in [0.15, 0.2) is 0 Å². The topological polar surface area (TPSA) is 70.3 Å². The maximum atomic E-state index is 5.55. The zero-order valence-electron chi connectivity index (χ0n) is 10.2. The molecule has 94 valence electrons. The fourth-order valence-corrected chi connectivity index (χ4v) is 1.47. The minimum Gasteiger partial charge on any atom is -0.497 e. The van der Waals surface area contributed by atoms with Crippen LogP contribution < -0.4 is 15.2 Å². The molecular formula is C13H15N3O2. The van der Waals surface area contributed by atoms with Gasteiger partial charge in [-0.15, -0.1) is 0 Å². The summed E-state index contributed by atoms with van der Waals surface area (Å²) in [4.78, 5) is 8.22. The summed E-state index contributed by atoms with van der Waals surface area (Å²) < 4.78 is 10.7. The predicted molar refractivity (Wildman–Crippen MR) is 67.2 cm³/mol. The molecule has 0 unspecified atom stereocenters. The molecule has 2 aromatic rings. The molecule has 0 amide bonds. The van der Waals surface area contributed by atoms with E-state index in [9.17, 15) is 0 Å². The molecule has 0 saturated heterocycles. The van der Waals surface area contributed by atoms with Crippen LogP contribution >= 0.6 is 0 Å². The summed E-state index contributed by atoms with van der Waals surface area (Å²) in [6, 6.07) is 7.68. The number of ether oxygens (including phenoxy) is 2. The van der Waals surface area contributed by atoms with Crippen LogP contribution in [-0.4, -0.2) is 17.1 Å². The molecule has 5 heteroatoms. The molecule has 0 fully saturated rings. The zero-order chi connectivity index (χ0) is 12.8. The maximum Gasteiger partial charge on any atom is 0.232 e. The van der Waals surface area contributed by atoms with E-state index in [2.05, 4.69) is 9.97 Å². The van der Waals surface area contributed by atoms with E-state index in [0.29, 0.717) is 24.7 Å². The Balaban J connectivity index is 2.01. The molecule has 5 nitrogen and oxygen atoms in total. The van der Waals surface area contributed by atoms with Crippen LogP contribution in [0.3, 0.4) is 0 Å². The number of hydrogen-bond donors (Lipinski definition) is 1. The molecule has 0 saturated carbocycles. The molecule has 1 heterocycles. The van der Waals surface area contributed by atoms with Crippen molar-refractivity contribution in [3.05, 3.63) is 47.9 Å². The van der Waals surface area contributed by atoms with Crippen molar-refractivity contribution in [1.82, 2.24) is 9.97 Å². The van der Waals surface area contributed by atoms with E-state index in [0.717, 1.165) is 11.3 Å². The molecule has 0 aliphatic rings. The summed E-state index contributed by atoms with van der Waals surface area (Å²) >= 11 is 0. The van der Waals surface area contributed by atoms with Crippen LogP contribution in [0.4, 0.5) is 0 Å². The monoisotopic (exact) mass is 245 g/mol. The summed E-state index contributed by atoms with van der Waals surface area (Å²) in [7, 11) is 1.64. The number of aromatic nitrogens is 2. The number of hydrogen-bond acceptors (Lipinski definition) is 5. The molecular weight excluding hydrogens is 230 g/mol. The first-order chi connectivity index (χ1) is 8.81. The fourth-order valence-electron chi connectivity index (χ4n) is 1.47. The highest BCUT2D eigenvalue weighted by Gasteiger charge is 2.00. The second-order valence-electron chi connectivity index (χ2n) is 3.69. The fraction of sp³-hybridized carbons (Fsp3) is 0.231. The number of rotatable bonds is 5. The van der Waals surface area contributed by atoms with Crippen molar-refractivity contribution in [2.75, 3.05) is 7.11 Å². The maximum absolute atomic E-state index is 5.55. The number of methoxy groups -OCH3 is 1. The van der Waals surface area contributed by atoms with Crippen LogP contribution in [0.5, 0.6) is 11.6 Å². The highest BCUT2D eigenvalue weighted by Crippen LogP contribution is 2.14. The molecule has 18 heavy (non-hydrogen) atoms. The average Bonchev–Trinajstić information content (AvgIpc) is 2.45. The van der Waals surface area contributed by atoms with E-state index in [1.165, 1.54) is 0 Å². The van der Waals surface area contributed by atoms with Crippen LogP contribution in [0.15, 0.2) is 36.7 Å². The Morgan fingerprint density at radius 2 is 2.17 bits per heavy atom. The van der Waals surface area contributed by atoms with Gasteiger partial charge in [-0.2, -0.15) is 0 Å². The van der Waals surface area contributed by atoms with Gasteiger partial charge in [-0.3, -0.25) is 4.98 Å². The first-order valence-corrected chi connectivity index (χ1v) is 5.58. The Labute approximate surface area is 106 Å². The van der Waals surface area contributed by atoms with Gasteiger partial charge >= 0.3 is 0 Å². The highest BCUT2D eigenvalue weighted by atomic mass is 16.5. The normalized spacial score (nSPS) is 10.1. The first kappa shape index (κ1) is 12.3. The molecule has 2 N–H and O–H groups in total. The SMILES string of the molecule is COc1cccc(COc2cncc(CN)n2)c1. The Morgan fingerprint density at radius 3 is 2.94 bits per heavy atom. The summed E-state index contributed by atoms with van der Waals surface area (Å²) in [5.74, 6) is 1.28. The smallest absolute Gasteiger partial charge is 0.232 e. The van der Waals surface area contributed by atoms with Gasteiger partial charge in [0.05, 0.1) is 19.0 Å². The molecule has 2 rings (SSSR count). The van der Waals surface area contributed by atoms with E-state index in [1.54, 1.807) is 19.5 Å². The van der Waals surface area contributed by atoms with Crippen LogP contribution in [0, 0.1) is 0 Å². The van der Waals surface area contributed by atoms with Crippen molar-refractivity contribution in [3.63, 3.8) is 0 Å². The molecule has 0 radical (unpaired) electrons. The third-order valence-electron chi connectivity index (χ3n) is 2.39. The molecule has 1 aromatic heterocycles. The van der Waals surface area contributed by atoms with Gasteiger partial charge in [-0.1, -0.05) is 12.1 Å². The summed E-state index contributed by atoms with van der Waals surface area (Å²) in [5.41, 5.74) is 7.20. The van der Waals surface area contributed by atoms with E-state index >= 15 is 0 Å². The lowest BCUT2D eigenvalue weighted by atomic mass is 10.2. The molecule has 0 aliphatic carbocycles. The largest absolute Gasteiger partial charge is 0.497 e. The van der Waals surface area contributed by atoms with Gasteiger partial charge in [0, 0.05) is 12.7 Å². The molecule has 1 aromatic carbocycles.